The average molecular weight is 687 g/mol. The summed E-state index contributed by atoms with van der Waals surface area (Å²) in [5.74, 6) is -3.96. The Morgan fingerprint density at radius 2 is 1.58 bits per heavy atom. The van der Waals surface area contributed by atoms with Crippen molar-refractivity contribution < 1.29 is 23.1 Å². The lowest BCUT2D eigenvalue weighted by Gasteiger charge is -2.39. The van der Waals surface area contributed by atoms with E-state index in [-0.39, 0.29) is 22.6 Å². The molecule has 1 fully saturated rings. The predicted molar refractivity (Wildman–Crippen MR) is 194 cm³/mol. The minimum atomic E-state index is -3.14. The summed E-state index contributed by atoms with van der Waals surface area (Å²) in [6, 6.07) is 16.9. The molecule has 0 saturated carbocycles. The monoisotopic (exact) mass is 686 g/mol. The van der Waals surface area contributed by atoms with Gasteiger partial charge in [0.05, 0.1) is 11.8 Å². The number of aromatic nitrogens is 2. The lowest BCUT2D eigenvalue weighted by Crippen LogP contribution is -2.50. The van der Waals surface area contributed by atoms with Crippen LogP contribution >= 0.6 is 0 Å². The van der Waals surface area contributed by atoms with E-state index < -0.39 is 11.8 Å². The number of ether oxygens (including phenoxy) is 1. The highest BCUT2D eigenvalue weighted by molar-refractivity contribution is 6.07. The SMILES string of the molecule is CCCOC(C)(C)CN1CCN(Cc2ccc(C(=O)Nc3ccc(C)c(NC(=O)c4cccc(-c5cnn(C)c5)c4)c3)cc2C(C)(F)F)CC1. The fourth-order valence-corrected chi connectivity index (χ4v) is 6.22. The van der Waals surface area contributed by atoms with Crippen LogP contribution in [0.3, 0.4) is 0 Å². The number of carbonyl (C=O) groups excluding carboxylic acids is 2. The van der Waals surface area contributed by atoms with Gasteiger partial charge in [-0.15, -0.1) is 0 Å². The second-order valence-corrected chi connectivity index (χ2v) is 13.8. The third kappa shape index (κ3) is 9.62. The van der Waals surface area contributed by atoms with Crippen LogP contribution < -0.4 is 10.6 Å². The number of halogens is 2. The molecule has 0 bridgehead atoms. The first kappa shape index (κ1) is 36.8. The topological polar surface area (TPSA) is 91.7 Å². The molecule has 1 saturated heterocycles. The van der Waals surface area contributed by atoms with Crippen molar-refractivity contribution in [2.75, 3.05) is 50.0 Å². The van der Waals surface area contributed by atoms with E-state index in [2.05, 4.69) is 46.3 Å². The highest BCUT2D eigenvalue weighted by Crippen LogP contribution is 2.32. The number of hydrogen-bond donors (Lipinski definition) is 2. The molecule has 0 aliphatic carbocycles. The molecular weight excluding hydrogens is 638 g/mol. The summed E-state index contributed by atoms with van der Waals surface area (Å²) in [4.78, 5) is 31.1. The third-order valence-corrected chi connectivity index (χ3v) is 8.91. The molecule has 1 aliphatic heterocycles. The number of benzene rings is 3. The van der Waals surface area contributed by atoms with Crippen molar-refractivity contribution in [1.29, 1.82) is 0 Å². The van der Waals surface area contributed by atoms with Gasteiger partial charge in [-0.05, 0) is 80.3 Å². The quantitative estimate of drug-likeness (QED) is 0.153. The summed E-state index contributed by atoms with van der Waals surface area (Å²) < 4.78 is 37.6. The molecule has 50 heavy (non-hydrogen) atoms. The number of carbonyl (C=O) groups is 2. The number of hydrogen-bond acceptors (Lipinski definition) is 6. The molecule has 5 rings (SSSR count). The van der Waals surface area contributed by atoms with Gasteiger partial charge in [-0.2, -0.15) is 5.10 Å². The summed E-state index contributed by atoms with van der Waals surface area (Å²) in [6.07, 6.45) is 4.58. The first-order valence-electron chi connectivity index (χ1n) is 17.1. The molecule has 2 amide bonds. The van der Waals surface area contributed by atoms with Crippen molar-refractivity contribution in [2.45, 2.75) is 59.1 Å². The molecule has 1 aliphatic rings. The summed E-state index contributed by atoms with van der Waals surface area (Å²) in [7, 11) is 1.83. The number of anilines is 2. The van der Waals surface area contributed by atoms with Crippen LogP contribution in [0.25, 0.3) is 11.1 Å². The Morgan fingerprint density at radius 1 is 0.880 bits per heavy atom. The molecule has 11 heteroatoms. The zero-order chi connectivity index (χ0) is 36.1. The van der Waals surface area contributed by atoms with Crippen LogP contribution in [0.5, 0.6) is 0 Å². The fourth-order valence-electron chi connectivity index (χ4n) is 6.22. The summed E-state index contributed by atoms with van der Waals surface area (Å²) in [5.41, 5.74) is 4.20. The van der Waals surface area contributed by atoms with Crippen LogP contribution in [0.1, 0.15) is 71.5 Å². The Labute approximate surface area is 293 Å². The average Bonchev–Trinajstić information content (AvgIpc) is 3.52. The lowest BCUT2D eigenvalue weighted by molar-refractivity contribution is -0.0474. The normalized spacial score (nSPS) is 14.5. The van der Waals surface area contributed by atoms with Crippen LogP contribution in [-0.4, -0.2) is 76.3 Å². The largest absolute Gasteiger partial charge is 0.374 e. The van der Waals surface area contributed by atoms with Gasteiger partial charge in [-0.25, -0.2) is 8.78 Å². The first-order chi connectivity index (χ1) is 23.7. The van der Waals surface area contributed by atoms with Crippen LogP contribution in [0.15, 0.2) is 73.1 Å². The number of nitrogens with one attached hydrogen (secondary N) is 2. The molecule has 0 radical (unpaired) electrons. The zero-order valence-electron chi connectivity index (χ0n) is 29.9. The fraction of sp³-hybridized carbons (Fsp3) is 0.410. The molecule has 266 valence electrons. The molecule has 2 N–H and O–H groups in total. The van der Waals surface area contributed by atoms with E-state index >= 15 is 0 Å². The zero-order valence-corrected chi connectivity index (χ0v) is 29.9. The Bertz CT molecular complexity index is 1810. The number of nitrogens with zero attached hydrogens (tertiary/aromatic N) is 4. The van der Waals surface area contributed by atoms with Crippen molar-refractivity contribution in [1.82, 2.24) is 19.6 Å². The molecule has 9 nitrogen and oxygen atoms in total. The highest BCUT2D eigenvalue weighted by Gasteiger charge is 2.31. The Balaban J connectivity index is 1.23. The van der Waals surface area contributed by atoms with Crippen LogP contribution in [0.2, 0.25) is 0 Å². The third-order valence-electron chi connectivity index (χ3n) is 8.91. The van der Waals surface area contributed by atoms with E-state index in [9.17, 15) is 18.4 Å². The lowest BCUT2D eigenvalue weighted by atomic mass is 9.98. The molecule has 0 spiro atoms. The maximum atomic E-state index is 15.0. The Hall–Kier alpha value is -4.45. The van der Waals surface area contributed by atoms with E-state index in [1.54, 1.807) is 53.3 Å². The van der Waals surface area contributed by atoms with Crippen molar-refractivity contribution in [2.24, 2.45) is 7.05 Å². The molecule has 0 atom stereocenters. The summed E-state index contributed by atoms with van der Waals surface area (Å²) in [6.45, 7) is 14.1. The first-order valence-corrected chi connectivity index (χ1v) is 17.1. The van der Waals surface area contributed by atoms with E-state index in [1.165, 1.54) is 6.07 Å². The second-order valence-electron chi connectivity index (χ2n) is 13.8. The summed E-state index contributed by atoms with van der Waals surface area (Å²) in [5, 5.41) is 9.96. The number of alkyl halides is 2. The van der Waals surface area contributed by atoms with Gasteiger partial charge in [0, 0.05) is 99.7 Å². The minimum Gasteiger partial charge on any atom is -0.374 e. The van der Waals surface area contributed by atoms with Crippen molar-refractivity contribution in [3.8, 4) is 11.1 Å². The molecule has 0 unspecified atom stereocenters. The molecule has 3 aromatic carbocycles. The Kier molecular flexibility index (Phi) is 11.5. The van der Waals surface area contributed by atoms with Crippen molar-refractivity contribution in [3.05, 3.63) is 101 Å². The number of aryl methyl sites for hydroxylation is 2. The van der Waals surface area contributed by atoms with Gasteiger partial charge in [-0.1, -0.05) is 31.2 Å². The smallest absolute Gasteiger partial charge is 0.270 e. The van der Waals surface area contributed by atoms with Gasteiger partial charge >= 0.3 is 0 Å². The minimum absolute atomic E-state index is 0.128. The molecule has 2 heterocycles. The number of amides is 2. The second kappa shape index (κ2) is 15.6. The van der Waals surface area contributed by atoms with Crippen molar-refractivity contribution in [3.63, 3.8) is 0 Å². The molecule has 1 aromatic heterocycles. The number of piperazine rings is 1. The van der Waals surface area contributed by atoms with Gasteiger partial charge in [0.25, 0.3) is 17.7 Å². The van der Waals surface area contributed by atoms with E-state index in [1.807, 2.05) is 32.3 Å². The van der Waals surface area contributed by atoms with E-state index in [4.69, 9.17) is 4.74 Å². The van der Waals surface area contributed by atoms with Crippen LogP contribution in [-0.2, 0) is 24.3 Å². The number of rotatable bonds is 13. The van der Waals surface area contributed by atoms with Gasteiger partial charge in [0.1, 0.15) is 0 Å². The van der Waals surface area contributed by atoms with Gasteiger partial charge in [-0.3, -0.25) is 24.1 Å². The van der Waals surface area contributed by atoms with Crippen LogP contribution in [0, 0.1) is 6.92 Å². The molecule has 4 aromatic rings. The highest BCUT2D eigenvalue weighted by atomic mass is 19.3. The molecular formula is C39H48F2N6O3. The maximum Gasteiger partial charge on any atom is 0.270 e. The maximum absolute atomic E-state index is 15.0. The van der Waals surface area contributed by atoms with Gasteiger partial charge < -0.3 is 15.4 Å². The standard InChI is InChI=1S/C39H48F2N6O3/c1-7-19-50-38(3,4)26-47-17-15-46(16-18-47)25-31-13-12-30(21-34(31)39(5,40)41)36(48)43-33-14-11-27(2)35(22-33)44-37(49)29-10-8-9-28(20-29)32-23-42-45(6)24-32/h8-14,20-24H,7,15-19,25-26H2,1-6H3,(H,43,48)(H,44,49). The van der Waals surface area contributed by atoms with Gasteiger partial charge in [0.15, 0.2) is 0 Å². The van der Waals surface area contributed by atoms with E-state index in [0.29, 0.717) is 29.0 Å². The van der Waals surface area contributed by atoms with Gasteiger partial charge in [0.2, 0.25) is 0 Å². The van der Waals surface area contributed by atoms with E-state index in [0.717, 1.165) is 69.4 Å². The van der Waals surface area contributed by atoms with Crippen molar-refractivity contribution >= 4 is 23.2 Å². The van der Waals surface area contributed by atoms with Crippen LogP contribution in [0.4, 0.5) is 20.2 Å². The summed E-state index contributed by atoms with van der Waals surface area (Å²) >= 11 is 0. The predicted octanol–water partition coefficient (Wildman–Crippen LogP) is 7.33. The Morgan fingerprint density at radius 3 is 2.26 bits per heavy atom.